The summed E-state index contributed by atoms with van der Waals surface area (Å²) in [6.45, 7) is 11.0. The molecule has 0 spiro atoms. The predicted molar refractivity (Wildman–Crippen MR) is 82.0 cm³/mol. The van der Waals surface area contributed by atoms with Crippen LogP contribution in [-0.2, 0) is 9.59 Å². The van der Waals surface area contributed by atoms with Crippen LogP contribution in [-0.4, -0.2) is 44.0 Å². The van der Waals surface area contributed by atoms with E-state index in [4.69, 9.17) is 0 Å². The Kier molecular flexibility index (Phi) is 11.6. The molecule has 0 aliphatic heterocycles. The Morgan fingerprint density at radius 1 is 1.43 bits per heavy atom. The van der Waals surface area contributed by atoms with E-state index in [9.17, 15) is 19.8 Å². The summed E-state index contributed by atoms with van der Waals surface area (Å²) in [7, 11) is 0. The van der Waals surface area contributed by atoms with Gasteiger partial charge in [0.05, 0.1) is 12.4 Å². The van der Waals surface area contributed by atoms with Crippen molar-refractivity contribution < 1.29 is 19.8 Å². The van der Waals surface area contributed by atoms with Crippen molar-refractivity contribution >= 4 is 12.1 Å². The molecule has 3 atom stereocenters. The lowest BCUT2D eigenvalue weighted by molar-refractivity contribution is -0.144. The number of aliphatic hydroxyl groups is 2. The molecular formula is C15H28N2O4. The molecule has 6 nitrogen and oxygen atoms in total. The molecular weight excluding hydrogens is 272 g/mol. The van der Waals surface area contributed by atoms with Crippen molar-refractivity contribution in [3.63, 3.8) is 0 Å². The second kappa shape index (κ2) is 11.2. The van der Waals surface area contributed by atoms with Gasteiger partial charge >= 0.3 is 0 Å². The third-order valence-electron chi connectivity index (χ3n) is 2.83. The van der Waals surface area contributed by atoms with E-state index in [1.54, 1.807) is 13.1 Å². The molecule has 6 heteroatoms. The van der Waals surface area contributed by atoms with Crippen LogP contribution in [0, 0.1) is 0 Å². The Bertz CT molecular complexity index is 388. The first kappa shape index (κ1) is 21.8. The molecule has 0 bridgehead atoms. The summed E-state index contributed by atoms with van der Waals surface area (Å²) in [6, 6.07) is 0. The number of rotatable bonds is 6. The van der Waals surface area contributed by atoms with Crippen LogP contribution in [0.2, 0.25) is 0 Å². The summed E-state index contributed by atoms with van der Waals surface area (Å²) in [4.78, 5) is 28.1. The largest absolute Gasteiger partial charge is 0.392 e. The average Bonchev–Trinajstić information content (AvgIpc) is 3.03. The predicted octanol–water partition coefficient (Wildman–Crippen LogP) is 1.84. The first-order valence-corrected chi connectivity index (χ1v) is 7.27. The van der Waals surface area contributed by atoms with E-state index >= 15 is 0 Å². The quantitative estimate of drug-likeness (QED) is 0.549. The molecule has 1 aromatic heterocycles. The van der Waals surface area contributed by atoms with Crippen LogP contribution in [0.3, 0.4) is 0 Å². The normalized spacial score (nSPS) is 15.2. The molecule has 1 heterocycles. The van der Waals surface area contributed by atoms with E-state index < -0.39 is 17.5 Å². The van der Waals surface area contributed by atoms with Gasteiger partial charge in [0, 0.05) is 24.2 Å². The van der Waals surface area contributed by atoms with Crippen LogP contribution >= 0.6 is 0 Å². The number of hydrogen-bond donors (Lipinski definition) is 3. The molecule has 122 valence electrons. The van der Waals surface area contributed by atoms with Crippen molar-refractivity contribution in [1.82, 2.24) is 9.97 Å². The van der Waals surface area contributed by atoms with E-state index in [1.165, 1.54) is 13.3 Å². The number of carbonyl (C=O) groups is 2. The zero-order chi connectivity index (χ0) is 17.1. The summed E-state index contributed by atoms with van der Waals surface area (Å²) < 4.78 is 0. The lowest BCUT2D eigenvalue weighted by Gasteiger charge is -2.25. The number of nitrogens with zero attached hydrogens (tertiary/aromatic N) is 1. The van der Waals surface area contributed by atoms with Gasteiger partial charge in [-0.3, -0.25) is 9.59 Å². The third-order valence-corrected chi connectivity index (χ3v) is 2.83. The monoisotopic (exact) mass is 300 g/mol. The van der Waals surface area contributed by atoms with Gasteiger partial charge in [-0.1, -0.05) is 34.6 Å². The van der Waals surface area contributed by atoms with Gasteiger partial charge in [-0.05, 0) is 6.92 Å². The molecule has 1 aromatic rings. The molecule has 21 heavy (non-hydrogen) atoms. The number of H-pyrrole nitrogens is 1. The zero-order valence-electron chi connectivity index (χ0n) is 13.8. The lowest BCUT2D eigenvalue weighted by Crippen LogP contribution is -2.40. The minimum Gasteiger partial charge on any atom is -0.392 e. The van der Waals surface area contributed by atoms with Crippen LogP contribution < -0.4 is 0 Å². The van der Waals surface area contributed by atoms with Crippen LogP contribution in [0.25, 0.3) is 0 Å². The summed E-state index contributed by atoms with van der Waals surface area (Å²) in [6.07, 6.45) is 1.95. The van der Waals surface area contributed by atoms with Gasteiger partial charge in [-0.15, -0.1) is 0 Å². The maximum absolute atomic E-state index is 11.1. The fraction of sp³-hybridized carbons (Fsp3) is 0.667. The fourth-order valence-corrected chi connectivity index (χ4v) is 1.53. The lowest BCUT2D eigenvalue weighted by atomic mass is 9.88. The number of Topliss-reactive ketones (excluding diaryl/α,β-unsaturated/α-hetero) is 1. The molecule has 1 rings (SSSR count). The van der Waals surface area contributed by atoms with Gasteiger partial charge in [0.15, 0.2) is 6.29 Å². The number of hydrogen-bond acceptors (Lipinski definition) is 5. The molecule has 0 amide bonds. The first-order chi connectivity index (χ1) is 9.88. The van der Waals surface area contributed by atoms with Gasteiger partial charge < -0.3 is 15.2 Å². The van der Waals surface area contributed by atoms with Crippen molar-refractivity contribution in [3.8, 4) is 0 Å². The fourth-order valence-electron chi connectivity index (χ4n) is 1.53. The van der Waals surface area contributed by atoms with Gasteiger partial charge in [0.25, 0.3) is 0 Å². The van der Waals surface area contributed by atoms with Crippen LogP contribution in [0.4, 0.5) is 0 Å². The van der Waals surface area contributed by atoms with E-state index in [2.05, 4.69) is 9.97 Å². The molecule has 0 aliphatic rings. The Hall–Kier alpha value is -1.53. The highest BCUT2D eigenvalue weighted by molar-refractivity contribution is 6.28. The van der Waals surface area contributed by atoms with Crippen LogP contribution in [0.5, 0.6) is 0 Å². The van der Waals surface area contributed by atoms with Crippen LogP contribution in [0.15, 0.2) is 12.5 Å². The summed E-state index contributed by atoms with van der Waals surface area (Å²) >= 11 is 0. The highest BCUT2D eigenvalue weighted by atomic mass is 16.3. The summed E-state index contributed by atoms with van der Waals surface area (Å²) in [5.74, 6) is -1.25. The molecule has 0 aliphatic carbocycles. The van der Waals surface area contributed by atoms with Gasteiger partial charge in [0.1, 0.15) is 5.60 Å². The van der Waals surface area contributed by atoms with Gasteiger partial charge in [-0.25, -0.2) is 4.98 Å². The third kappa shape index (κ3) is 7.15. The Labute approximate surface area is 126 Å². The minimum atomic E-state index is -1.84. The number of aromatic nitrogens is 2. The number of aliphatic hydroxyl groups excluding tert-OH is 1. The average molecular weight is 300 g/mol. The number of aldehydes is 1. The van der Waals surface area contributed by atoms with Gasteiger partial charge in [0.2, 0.25) is 5.78 Å². The second-order valence-electron chi connectivity index (χ2n) is 4.32. The number of carbonyl (C=O) groups excluding carboxylic acids is 2. The number of imidazole rings is 1. The standard InChI is InChI=1S/C11H16N2O4.2C2H6/c1-7(8-4-12-6-13-8)9(15)3-11(2,17)10(16)5-14;2*1-2/h4-7,9,15,17H,3H2,1-2H3,(H,12,13);2*1-2H3/t7?,9?,11-;;/m0../s1. The van der Waals surface area contributed by atoms with Crippen molar-refractivity contribution in [3.05, 3.63) is 18.2 Å². The Balaban J connectivity index is 0. The second-order valence-corrected chi connectivity index (χ2v) is 4.32. The number of ketones is 1. The van der Waals surface area contributed by atoms with Crippen LogP contribution in [0.1, 0.15) is 59.6 Å². The van der Waals surface area contributed by atoms with Gasteiger partial charge in [-0.2, -0.15) is 0 Å². The molecule has 0 radical (unpaired) electrons. The number of nitrogens with one attached hydrogen (secondary N) is 1. The highest BCUT2D eigenvalue weighted by Gasteiger charge is 2.34. The van der Waals surface area contributed by atoms with Crippen molar-refractivity contribution in [2.24, 2.45) is 0 Å². The Morgan fingerprint density at radius 3 is 2.33 bits per heavy atom. The van der Waals surface area contributed by atoms with E-state index in [-0.39, 0.29) is 18.6 Å². The highest BCUT2D eigenvalue weighted by Crippen LogP contribution is 2.23. The maximum atomic E-state index is 11.1. The van der Waals surface area contributed by atoms with Crippen molar-refractivity contribution in [1.29, 1.82) is 0 Å². The zero-order valence-corrected chi connectivity index (χ0v) is 13.8. The molecule has 0 saturated heterocycles. The molecule has 3 N–H and O–H groups in total. The smallest absolute Gasteiger partial charge is 0.226 e. The minimum absolute atomic E-state index is 0.0631. The van der Waals surface area contributed by atoms with Crippen molar-refractivity contribution in [2.45, 2.75) is 65.6 Å². The van der Waals surface area contributed by atoms with E-state index in [0.717, 1.165) is 0 Å². The first-order valence-electron chi connectivity index (χ1n) is 7.27. The SMILES string of the molecule is CC.CC.CC(c1cnc[nH]1)C(O)C[C@](C)(O)C(=O)C=O. The summed E-state index contributed by atoms with van der Waals surface area (Å²) in [5, 5.41) is 19.6. The topological polar surface area (TPSA) is 103 Å². The van der Waals surface area contributed by atoms with E-state index in [0.29, 0.717) is 5.69 Å². The number of aromatic amines is 1. The molecule has 0 fully saturated rings. The maximum Gasteiger partial charge on any atom is 0.226 e. The Morgan fingerprint density at radius 2 is 1.95 bits per heavy atom. The molecule has 0 aromatic carbocycles. The molecule has 2 unspecified atom stereocenters. The van der Waals surface area contributed by atoms with Crippen molar-refractivity contribution in [2.75, 3.05) is 0 Å². The van der Waals surface area contributed by atoms with E-state index in [1.807, 2.05) is 27.7 Å². The summed E-state index contributed by atoms with van der Waals surface area (Å²) in [5.41, 5.74) is -1.14. The molecule has 0 saturated carbocycles.